The van der Waals surface area contributed by atoms with E-state index < -0.39 is 12.1 Å². The van der Waals surface area contributed by atoms with E-state index in [1.54, 1.807) is 6.08 Å². The van der Waals surface area contributed by atoms with Gasteiger partial charge in [0, 0.05) is 12.8 Å². The third-order valence-electron chi connectivity index (χ3n) is 14.8. The van der Waals surface area contributed by atoms with Crippen LogP contribution in [-0.2, 0) is 14.3 Å². The maximum absolute atomic E-state index is 12.5. The molecule has 428 valence electrons. The predicted molar refractivity (Wildman–Crippen MR) is 319 cm³/mol. The van der Waals surface area contributed by atoms with Crippen LogP contribution in [0.2, 0.25) is 0 Å². The molecule has 1 amide bonds. The van der Waals surface area contributed by atoms with E-state index >= 15 is 0 Å². The van der Waals surface area contributed by atoms with E-state index in [9.17, 15) is 19.8 Å². The maximum Gasteiger partial charge on any atom is 0.305 e. The summed E-state index contributed by atoms with van der Waals surface area (Å²) in [4.78, 5) is 24.6. The summed E-state index contributed by atoms with van der Waals surface area (Å²) in [5.41, 5.74) is 0. The fraction of sp³-hybridized carbons (Fsp3) is 0.851. The van der Waals surface area contributed by atoms with Crippen LogP contribution in [0.3, 0.4) is 0 Å². The molecule has 0 saturated carbocycles. The van der Waals surface area contributed by atoms with Crippen LogP contribution in [0.25, 0.3) is 0 Å². The van der Waals surface area contributed by atoms with Crippen molar-refractivity contribution in [2.45, 2.75) is 353 Å². The second-order valence-electron chi connectivity index (χ2n) is 22.1. The van der Waals surface area contributed by atoms with Crippen molar-refractivity contribution in [3.8, 4) is 0 Å². The summed E-state index contributed by atoms with van der Waals surface area (Å²) in [6, 6.07) is -0.637. The Morgan fingerprint density at radius 2 is 0.685 bits per heavy atom. The SMILES string of the molecule is CCCCCC/C=C\C/C=C\CCCCCCCC(=O)OCCCCCCCCCC/C=C\CCCCCCCCCC(=O)NC(CO)C(O)/C=C/CCCCCCCCCCCCCCCCCCCCC. The van der Waals surface area contributed by atoms with Crippen molar-refractivity contribution in [2.24, 2.45) is 0 Å². The monoisotopic (exact) mass is 1020 g/mol. The molecule has 6 nitrogen and oxygen atoms in total. The van der Waals surface area contributed by atoms with Gasteiger partial charge in [0.1, 0.15) is 0 Å². The summed E-state index contributed by atoms with van der Waals surface area (Å²) < 4.78 is 5.48. The second-order valence-corrected chi connectivity index (χ2v) is 22.1. The lowest BCUT2D eigenvalue weighted by molar-refractivity contribution is -0.143. The molecule has 0 aliphatic heterocycles. The highest BCUT2D eigenvalue weighted by atomic mass is 16.5. The zero-order valence-corrected chi connectivity index (χ0v) is 48.9. The fourth-order valence-corrected chi connectivity index (χ4v) is 9.84. The first-order chi connectivity index (χ1) is 36.0. The first-order valence-corrected chi connectivity index (χ1v) is 32.4. The molecular formula is C67H125NO5. The van der Waals surface area contributed by atoms with Crippen LogP contribution in [-0.4, -0.2) is 47.4 Å². The number of unbranched alkanes of at least 4 members (excludes halogenated alkanes) is 43. The molecule has 0 aliphatic rings. The lowest BCUT2D eigenvalue weighted by Crippen LogP contribution is -2.45. The second kappa shape index (κ2) is 62.4. The van der Waals surface area contributed by atoms with Gasteiger partial charge < -0.3 is 20.3 Å². The molecule has 0 bridgehead atoms. The molecule has 0 saturated heterocycles. The number of hydrogen-bond acceptors (Lipinski definition) is 5. The first-order valence-electron chi connectivity index (χ1n) is 32.4. The van der Waals surface area contributed by atoms with Crippen LogP contribution in [0.15, 0.2) is 48.6 Å². The Kier molecular flexibility index (Phi) is 60.5. The van der Waals surface area contributed by atoms with Crippen molar-refractivity contribution in [2.75, 3.05) is 13.2 Å². The Balaban J connectivity index is 3.48. The summed E-state index contributed by atoms with van der Waals surface area (Å²) in [7, 11) is 0. The number of aliphatic hydroxyl groups excluding tert-OH is 2. The highest BCUT2D eigenvalue weighted by Crippen LogP contribution is 2.17. The predicted octanol–water partition coefficient (Wildman–Crippen LogP) is 20.5. The van der Waals surface area contributed by atoms with Gasteiger partial charge in [-0.2, -0.15) is 0 Å². The van der Waals surface area contributed by atoms with E-state index in [0.717, 1.165) is 64.2 Å². The number of ether oxygens (including phenoxy) is 1. The molecule has 0 aromatic carbocycles. The fourth-order valence-electron chi connectivity index (χ4n) is 9.84. The minimum atomic E-state index is -0.853. The minimum absolute atomic E-state index is 0.0102. The highest BCUT2D eigenvalue weighted by Gasteiger charge is 2.18. The highest BCUT2D eigenvalue weighted by molar-refractivity contribution is 5.76. The largest absolute Gasteiger partial charge is 0.466 e. The molecule has 2 unspecified atom stereocenters. The molecule has 73 heavy (non-hydrogen) atoms. The first kappa shape index (κ1) is 70.8. The summed E-state index contributed by atoms with van der Waals surface area (Å²) in [5, 5.41) is 23.2. The van der Waals surface area contributed by atoms with E-state index in [4.69, 9.17) is 4.74 Å². The molecule has 0 radical (unpaired) electrons. The third-order valence-corrected chi connectivity index (χ3v) is 14.8. The average Bonchev–Trinajstić information content (AvgIpc) is 3.39. The van der Waals surface area contributed by atoms with Gasteiger partial charge in [0.15, 0.2) is 0 Å². The van der Waals surface area contributed by atoms with Gasteiger partial charge in [0.2, 0.25) is 5.91 Å². The van der Waals surface area contributed by atoms with Crippen LogP contribution < -0.4 is 5.32 Å². The number of rotatable bonds is 60. The molecule has 2 atom stereocenters. The van der Waals surface area contributed by atoms with E-state index in [-0.39, 0.29) is 18.5 Å². The summed E-state index contributed by atoms with van der Waals surface area (Å²) in [6.45, 7) is 4.89. The third kappa shape index (κ3) is 58.9. The molecule has 3 N–H and O–H groups in total. The van der Waals surface area contributed by atoms with Crippen molar-refractivity contribution >= 4 is 11.9 Å². The molecule has 0 fully saturated rings. The number of aliphatic hydroxyl groups is 2. The van der Waals surface area contributed by atoms with Crippen molar-refractivity contribution in [1.29, 1.82) is 0 Å². The number of allylic oxidation sites excluding steroid dienone is 7. The van der Waals surface area contributed by atoms with E-state index in [1.807, 2.05) is 6.08 Å². The lowest BCUT2D eigenvalue weighted by atomic mass is 10.0. The molecule has 0 aromatic heterocycles. The van der Waals surface area contributed by atoms with E-state index in [1.165, 1.54) is 250 Å². The van der Waals surface area contributed by atoms with Crippen molar-refractivity contribution in [3.63, 3.8) is 0 Å². The van der Waals surface area contributed by atoms with Crippen LogP contribution in [0.5, 0.6) is 0 Å². The maximum atomic E-state index is 12.5. The number of esters is 1. The Bertz CT molecular complexity index is 1230. The molecular weight excluding hydrogens is 899 g/mol. The number of carbonyl (C=O) groups is 2. The van der Waals surface area contributed by atoms with Crippen molar-refractivity contribution in [1.82, 2.24) is 5.32 Å². The normalized spacial score (nSPS) is 12.9. The standard InChI is InChI=1S/C67H125NO5/c1-3-5-7-9-11-13-15-17-19-21-22-23-25-28-31-35-39-43-47-51-55-59-65(70)64(63-69)68-66(71)60-56-52-48-44-40-36-32-29-26-24-27-30-34-38-42-46-50-54-58-62-73-67(72)61-57-53-49-45-41-37-33-20-18-16-14-12-10-8-6-4-2/h14,16,20,24,26,33,55,59,64-65,69-70H,3-13,15,17-19,21-23,25,27-32,34-54,56-58,60-63H2,1-2H3,(H,68,71)/b16-14-,26-24-,33-20-,59-55+. The summed E-state index contributed by atoms with van der Waals surface area (Å²) >= 11 is 0. The van der Waals surface area contributed by atoms with Gasteiger partial charge in [-0.3, -0.25) is 9.59 Å². The quantitative estimate of drug-likeness (QED) is 0.0320. The van der Waals surface area contributed by atoms with Gasteiger partial charge in [0.05, 0.1) is 25.4 Å². The van der Waals surface area contributed by atoms with Gasteiger partial charge in [0.25, 0.3) is 0 Å². The lowest BCUT2D eigenvalue weighted by Gasteiger charge is -2.20. The molecule has 0 spiro atoms. The zero-order valence-electron chi connectivity index (χ0n) is 48.9. The number of nitrogens with one attached hydrogen (secondary N) is 1. The van der Waals surface area contributed by atoms with Crippen LogP contribution in [0.4, 0.5) is 0 Å². The minimum Gasteiger partial charge on any atom is -0.466 e. The van der Waals surface area contributed by atoms with Crippen LogP contribution >= 0.6 is 0 Å². The Morgan fingerprint density at radius 1 is 0.384 bits per heavy atom. The van der Waals surface area contributed by atoms with E-state index in [2.05, 4.69) is 55.6 Å². The zero-order chi connectivity index (χ0) is 52.9. The van der Waals surface area contributed by atoms with Gasteiger partial charge in [-0.15, -0.1) is 0 Å². The molecule has 0 aromatic rings. The van der Waals surface area contributed by atoms with Crippen molar-refractivity contribution < 1.29 is 24.5 Å². The van der Waals surface area contributed by atoms with Gasteiger partial charge >= 0.3 is 5.97 Å². The summed E-state index contributed by atoms with van der Waals surface area (Å²) in [6.07, 6.45) is 80.1. The Morgan fingerprint density at radius 3 is 1.07 bits per heavy atom. The molecule has 0 aliphatic carbocycles. The Hall–Kier alpha value is -2.18. The molecule has 6 heteroatoms. The number of hydrogen-bond donors (Lipinski definition) is 3. The number of amides is 1. The smallest absolute Gasteiger partial charge is 0.305 e. The van der Waals surface area contributed by atoms with Crippen LogP contribution in [0.1, 0.15) is 341 Å². The molecule has 0 rings (SSSR count). The van der Waals surface area contributed by atoms with Gasteiger partial charge in [-0.25, -0.2) is 0 Å². The summed E-state index contributed by atoms with van der Waals surface area (Å²) in [5.74, 6) is -0.0860. The van der Waals surface area contributed by atoms with Crippen molar-refractivity contribution in [3.05, 3.63) is 48.6 Å². The number of carbonyl (C=O) groups excluding carboxylic acids is 2. The van der Waals surface area contributed by atoms with Gasteiger partial charge in [-0.1, -0.05) is 287 Å². The van der Waals surface area contributed by atoms with Crippen LogP contribution in [0, 0.1) is 0 Å². The topological polar surface area (TPSA) is 95.9 Å². The molecule has 0 heterocycles. The van der Waals surface area contributed by atoms with E-state index in [0.29, 0.717) is 19.4 Å². The Labute approximate surface area is 455 Å². The average molecular weight is 1020 g/mol. The van der Waals surface area contributed by atoms with Gasteiger partial charge in [-0.05, 0) is 89.9 Å².